The number of imidazole rings is 1. The molecule has 0 bridgehead atoms. The predicted octanol–water partition coefficient (Wildman–Crippen LogP) is 10.6. The highest BCUT2D eigenvalue weighted by Crippen LogP contribution is 2.44. The summed E-state index contributed by atoms with van der Waals surface area (Å²) in [4.78, 5) is 4.62. The molecule has 0 unspecified atom stereocenters. The Labute approximate surface area is 269 Å². The minimum absolute atomic E-state index is 0.165. The van der Waals surface area contributed by atoms with Gasteiger partial charge in [0.05, 0.1) is 34.3 Å². The fourth-order valence-corrected chi connectivity index (χ4v) is 5.36. The number of benzene rings is 7. The molecule has 0 aliphatic carbocycles. The Morgan fingerprint density at radius 2 is 1.10 bits per heavy atom. The highest BCUT2D eigenvalue weighted by atomic mass is 15.1. The van der Waals surface area contributed by atoms with Crippen molar-refractivity contribution >= 4 is 32.6 Å². The van der Waals surface area contributed by atoms with Gasteiger partial charge in [-0.2, -0.15) is 0 Å². The normalized spacial score (nSPS) is 17.1. The summed E-state index contributed by atoms with van der Waals surface area (Å²) in [5.74, 6) is 0.681. The zero-order chi connectivity index (χ0) is 42.8. The molecule has 0 N–H and O–H groups in total. The summed E-state index contributed by atoms with van der Waals surface area (Å²) in [6.45, 7) is 1.83. The molecule has 0 saturated carbocycles. The van der Waals surface area contributed by atoms with Gasteiger partial charge in [0, 0.05) is 5.69 Å². The minimum Gasteiger partial charge on any atom is -0.297 e. The van der Waals surface area contributed by atoms with Crippen LogP contribution in [0.1, 0.15) is 29.1 Å². The molecule has 0 saturated heterocycles. The van der Waals surface area contributed by atoms with Crippen LogP contribution in [0.25, 0.3) is 71.6 Å². The van der Waals surface area contributed by atoms with Crippen LogP contribution in [0.2, 0.25) is 0 Å². The van der Waals surface area contributed by atoms with E-state index in [1.54, 1.807) is 24.3 Å². The van der Waals surface area contributed by atoms with E-state index >= 15 is 0 Å². The molecule has 0 amide bonds. The number of fused-ring (bicyclic) bond motifs is 3. The SMILES string of the molecule is [2H]c1c([2H])c([2H])c(-c2c3c([2H])c([2H])c([2H])c([2H])c3c(-c3c([2H])c([2H])c([2H])c([2H])c3[2H])c3c([2H])c(-c4ccc(-n5c(C)nc6ccccc65)cc4)c([2H])c([2H])c23)c([2H])c1[2H]. The molecule has 2 heteroatoms. The molecule has 0 radical (unpaired) electrons. The van der Waals surface area contributed by atoms with Crippen LogP contribution >= 0.6 is 0 Å². The van der Waals surface area contributed by atoms with Crippen molar-refractivity contribution in [1.29, 1.82) is 0 Å². The van der Waals surface area contributed by atoms with E-state index in [0.717, 1.165) is 11.0 Å². The largest absolute Gasteiger partial charge is 0.297 e. The summed E-state index contributed by atoms with van der Waals surface area (Å²) < 4.78 is 153. The maximum Gasteiger partial charge on any atom is 0.111 e. The zero-order valence-electron chi connectivity index (χ0n) is 39.0. The smallest absolute Gasteiger partial charge is 0.111 e. The maximum absolute atomic E-state index is 9.85. The molecule has 0 atom stereocenters. The molecule has 7 aromatic carbocycles. The van der Waals surface area contributed by atoms with E-state index in [2.05, 4.69) is 4.98 Å². The predicted molar refractivity (Wildman–Crippen MR) is 177 cm³/mol. The Bertz CT molecular complexity index is 3130. The standard InChI is InChI=1S/C40H28N2/c1-27-41-37-18-10-11-19-38(37)42(27)32-23-20-28(21-24-32)31-22-25-35-36(26-31)40(30-14-6-3-7-15-30)34-17-9-8-16-33(34)39(35)29-12-4-2-5-13-29/h2-26H,1H3/i2D,3D,4D,5D,6D,7D,8D,9D,12D,13D,14D,15D,16D,17D,22D,25D,26D. The van der Waals surface area contributed by atoms with Crippen LogP contribution in [0.5, 0.6) is 0 Å². The number of aromatic nitrogens is 2. The van der Waals surface area contributed by atoms with Gasteiger partial charge in [-0.05, 0) is 92.2 Å². The van der Waals surface area contributed by atoms with E-state index in [9.17, 15) is 5.48 Å². The van der Waals surface area contributed by atoms with Crippen molar-refractivity contribution in [2.75, 3.05) is 0 Å². The van der Waals surface area contributed by atoms with Crippen molar-refractivity contribution in [3.05, 3.63) is 157 Å². The summed E-state index contributed by atoms with van der Waals surface area (Å²) in [5.41, 5.74) is 0.237. The Morgan fingerprint density at radius 3 is 1.76 bits per heavy atom. The fraction of sp³-hybridized carbons (Fsp3) is 0.0250. The van der Waals surface area contributed by atoms with E-state index in [0.29, 0.717) is 11.5 Å². The summed E-state index contributed by atoms with van der Waals surface area (Å²) in [7, 11) is 0. The molecule has 8 rings (SSSR count). The van der Waals surface area contributed by atoms with Gasteiger partial charge in [0.1, 0.15) is 5.82 Å². The lowest BCUT2D eigenvalue weighted by molar-refractivity contribution is 1.00. The number of rotatable bonds is 4. The Hall–Kier alpha value is -5.47. The van der Waals surface area contributed by atoms with Crippen LogP contribution in [0.3, 0.4) is 0 Å². The van der Waals surface area contributed by atoms with E-state index < -0.39 is 147 Å². The number of aryl methyl sites for hydroxylation is 1. The average Bonchev–Trinajstić information content (AvgIpc) is 3.56. The zero-order valence-corrected chi connectivity index (χ0v) is 22.0. The third-order valence-electron chi connectivity index (χ3n) is 7.14. The quantitative estimate of drug-likeness (QED) is 0.198. The first-order chi connectivity index (χ1) is 27.8. The van der Waals surface area contributed by atoms with Crippen LogP contribution in [0.15, 0.2) is 151 Å². The van der Waals surface area contributed by atoms with Crippen molar-refractivity contribution in [3.8, 4) is 39.1 Å². The molecule has 2 nitrogen and oxygen atoms in total. The van der Waals surface area contributed by atoms with Crippen molar-refractivity contribution in [3.63, 3.8) is 0 Å². The van der Waals surface area contributed by atoms with E-state index in [1.807, 2.05) is 35.8 Å². The van der Waals surface area contributed by atoms with Crippen LogP contribution in [0.4, 0.5) is 0 Å². The molecule has 0 fully saturated rings. The maximum atomic E-state index is 9.85. The van der Waals surface area contributed by atoms with E-state index in [1.165, 1.54) is 0 Å². The van der Waals surface area contributed by atoms with Gasteiger partial charge in [0.15, 0.2) is 0 Å². The first kappa shape index (κ1) is 12.6. The highest BCUT2D eigenvalue weighted by Gasteiger charge is 2.17. The first-order valence-corrected chi connectivity index (χ1v) is 13.0. The van der Waals surface area contributed by atoms with Crippen LogP contribution in [-0.2, 0) is 0 Å². The van der Waals surface area contributed by atoms with Crippen LogP contribution in [-0.4, -0.2) is 9.55 Å². The molecule has 0 spiro atoms. The highest BCUT2D eigenvalue weighted by molar-refractivity contribution is 6.21. The van der Waals surface area contributed by atoms with Gasteiger partial charge in [-0.3, -0.25) is 4.57 Å². The van der Waals surface area contributed by atoms with E-state index in [4.69, 9.17) is 17.8 Å². The van der Waals surface area contributed by atoms with Gasteiger partial charge >= 0.3 is 0 Å². The topological polar surface area (TPSA) is 17.8 Å². The van der Waals surface area contributed by atoms with Crippen molar-refractivity contribution in [2.45, 2.75) is 6.92 Å². The first-order valence-electron chi connectivity index (χ1n) is 21.5. The molecular formula is C40H28N2. The fourth-order valence-electron chi connectivity index (χ4n) is 5.36. The molecular weight excluding hydrogens is 508 g/mol. The molecule has 1 heterocycles. The van der Waals surface area contributed by atoms with Crippen molar-refractivity contribution in [1.82, 2.24) is 9.55 Å². The lowest BCUT2D eigenvalue weighted by Crippen LogP contribution is -1.96. The molecule has 198 valence electrons. The Kier molecular flexibility index (Phi) is 2.96. The van der Waals surface area contributed by atoms with Gasteiger partial charge in [0.25, 0.3) is 0 Å². The molecule has 0 aliphatic rings. The number of hydrogen-bond acceptors (Lipinski definition) is 1. The number of para-hydroxylation sites is 2. The monoisotopic (exact) mass is 553 g/mol. The molecule has 1 aromatic heterocycles. The van der Waals surface area contributed by atoms with Crippen LogP contribution < -0.4 is 0 Å². The molecule has 42 heavy (non-hydrogen) atoms. The Morgan fingerprint density at radius 1 is 0.524 bits per heavy atom. The van der Waals surface area contributed by atoms with Crippen molar-refractivity contribution < 1.29 is 23.3 Å². The summed E-state index contributed by atoms with van der Waals surface area (Å²) >= 11 is 0. The van der Waals surface area contributed by atoms with Crippen molar-refractivity contribution in [2.24, 2.45) is 0 Å². The third-order valence-corrected chi connectivity index (χ3v) is 7.14. The molecule has 8 aromatic rings. The van der Waals surface area contributed by atoms with Gasteiger partial charge in [0.2, 0.25) is 0 Å². The van der Waals surface area contributed by atoms with Gasteiger partial charge in [-0.1, -0.05) is 121 Å². The van der Waals surface area contributed by atoms with Gasteiger partial charge in [-0.15, -0.1) is 0 Å². The van der Waals surface area contributed by atoms with E-state index in [-0.39, 0.29) is 11.1 Å². The second-order valence-corrected chi connectivity index (χ2v) is 9.53. The number of hydrogen-bond donors (Lipinski definition) is 0. The summed E-state index contributed by atoms with van der Waals surface area (Å²) in [6.07, 6.45) is 0. The minimum atomic E-state index is -0.816. The Balaban J connectivity index is 1.63. The molecule has 0 aliphatic heterocycles. The lowest BCUT2D eigenvalue weighted by Gasteiger charge is -2.18. The number of nitrogens with zero attached hydrogens (tertiary/aromatic N) is 2. The van der Waals surface area contributed by atoms with Crippen LogP contribution in [0, 0.1) is 6.92 Å². The lowest BCUT2D eigenvalue weighted by atomic mass is 9.85. The van der Waals surface area contributed by atoms with Gasteiger partial charge < -0.3 is 0 Å². The third kappa shape index (κ3) is 3.92. The second-order valence-electron chi connectivity index (χ2n) is 9.53. The summed E-state index contributed by atoms with van der Waals surface area (Å²) in [5, 5.41) is -1.85. The second kappa shape index (κ2) is 9.87. The van der Waals surface area contributed by atoms with Gasteiger partial charge in [-0.25, -0.2) is 4.98 Å². The summed E-state index contributed by atoms with van der Waals surface area (Å²) in [6, 6.07) is 1.18. The average molecular weight is 554 g/mol.